The number of hydrogen-bond acceptors (Lipinski definition) is 5. The van der Waals surface area contributed by atoms with Gasteiger partial charge in [0.05, 0.1) is 24.9 Å². The molecule has 1 fully saturated rings. The Bertz CT molecular complexity index is 344. The van der Waals surface area contributed by atoms with Gasteiger partial charge in [-0.1, -0.05) is 0 Å². The van der Waals surface area contributed by atoms with Crippen molar-refractivity contribution in [2.45, 2.75) is 12.5 Å². The van der Waals surface area contributed by atoms with Crippen LogP contribution in [0, 0.1) is 0 Å². The molecule has 2 rings (SSSR count). The summed E-state index contributed by atoms with van der Waals surface area (Å²) in [6.07, 6.45) is 1.56. The van der Waals surface area contributed by atoms with Gasteiger partial charge in [-0.3, -0.25) is 4.79 Å². The van der Waals surface area contributed by atoms with Crippen molar-refractivity contribution in [3.05, 3.63) is 11.9 Å². The first-order chi connectivity index (χ1) is 7.25. The standard InChI is InChI=1S/C9H14N4O2/c1-13-11-5-7(12-13)4-8(14)9-6-10-2-3-15-9/h5,9-10H,2-4,6H2,1H3. The summed E-state index contributed by atoms with van der Waals surface area (Å²) < 4.78 is 5.35. The van der Waals surface area contributed by atoms with Gasteiger partial charge >= 0.3 is 0 Å². The molecule has 2 heterocycles. The molecule has 1 aliphatic rings. The fraction of sp³-hybridized carbons (Fsp3) is 0.667. The Morgan fingerprint density at radius 3 is 3.27 bits per heavy atom. The van der Waals surface area contributed by atoms with Crippen molar-refractivity contribution in [2.75, 3.05) is 19.7 Å². The van der Waals surface area contributed by atoms with Crippen LogP contribution in [0.25, 0.3) is 0 Å². The lowest BCUT2D eigenvalue weighted by molar-refractivity contribution is -0.131. The van der Waals surface area contributed by atoms with Gasteiger partial charge in [0.1, 0.15) is 6.10 Å². The van der Waals surface area contributed by atoms with Crippen molar-refractivity contribution >= 4 is 5.78 Å². The molecule has 1 saturated heterocycles. The van der Waals surface area contributed by atoms with E-state index in [1.54, 1.807) is 13.2 Å². The van der Waals surface area contributed by atoms with Gasteiger partial charge in [-0.25, -0.2) is 0 Å². The first-order valence-electron chi connectivity index (χ1n) is 4.96. The van der Waals surface area contributed by atoms with Gasteiger partial charge in [-0.05, 0) is 0 Å². The summed E-state index contributed by atoms with van der Waals surface area (Å²) in [6, 6.07) is 0. The highest BCUT2D eigenvalue weighted by Crippen LogP contribution is 2.02. The summed E-state index contributed by atoms with van der Waals surface area (Å²) in [5.74, 6) is 0.0581. The molecule has 0 bridgehead atoms. The number of rotatable bonds is 3. The number of carbonyl (C=O) groups is 1. The Balaban J connectivity index is 1.91. The number of nitrogens with one attached hydrogen (secondary N) is 1. The van der Waals surface area contributed by atoms with Crippen LogP contribution in [0.5, 0.6) is 0 Å². The van der Waals surface area contributed by atoms with Gasteiger partial charge in [-0.2, -0.15) is 15.0 Å². The van der Waals surface area contributed by atoms with E-state index in [1.165, 1.54) is 4.80 Å². The van der Waals surface area contributed by atoms with E-state index in [0.29, 0.717) is 25.3 Å². The summed E-state index contributed by atoms with van der Waals surface area (Å²) in [5.41, 5.74) is 0.691. The maximum atomic E-state index is 11.7. The normalized spacial score (nSPS) is 21.5. The summed E-state index contributed by atoms with van der Waals surface area (Å²) in [4.78, 5) is 13.2. The van der Waals surface area contributed by atoms with Crippen molar-refractivity contribution < 1.29 is 9.53 Å². The maximum Gasteiger partial charge on any atom is 0.168 e. The molecule has 0 aliphatic carbocycles. The number of aryl methyl sites for hydroxylation is 1. The zero-order valence-electron chi connectivity index (χ0n) is 8.64. The minimum absolute atomic E-state index is 0.0581. The second kappa shape index (κ2) is 4.50. The van der Waals surface area contributed by atoms with E-state index >= 15 is 0 Å². The van der Waals surface area contributed by atoms with Crippen molar-refractivity contribution in [2.24, 2.45) is 7.05 Å². The molecule has 0 aromatic carbocycles. The molecule has 1 aromatic heterocycles. The van der Waals surface area contributed by atoms with E-state index in [4.69, 9.17) is 4.74 Å². The van der Waals surface area contributed by atoms with Crippen molar-refractivity contribution in [3.8, 4) is 0 Å². The Hall–Kier alpha value is -1.27. The third-order valence-corrected chi connectivity index (χ3v) is 2.29. The Labute approximate surface area is 87.6 Å². The number of Topliss-reactive ketones (excluding diaryl/α,β-unsaturated/α-hetero) is 1. The summed E-state index contributed by atoms with van der Waals surface area (Å²) in [6.45, 7) is 2.00. The van der Waals surface area contributed by atoms with Crippen LogP contribution in [-0.2, 0) is 23.0 Å². The summed E-state index contributed by atoms with van der Waals surface area (Å²) in [5, 5.41) is 11.1. The van der Waals surface area contributed by atoms with Crippen LogP contribution < -0.4 is 5.32 Å². The van der Waals surface area contributed by atoms with Crippen LogP contribution in [0.3, 0.4) is 0 Å². The number of hydrogen-bond donors (Lipinski definition) is 1. The molecular formula is C9H14N4O2. The fourth-order valence-electron chi connectivity index (χ4n) is 1.53. The number of aromatic nitrogens is 3. The van der Waals surface area contributed by atoms with Gasteiger partial charge in [0.2, 0.25) is 0 Å². The number of nitrogens with zero attached hydrogens (tertiary/aromatic N) is 3. The van der Waals surface area contributed by atoms with Gasteiger partial charge in [0, 0.05) is 20.1 Å². The van der Waals surface area contributed by atoms with Crippen LogP contribution in [0.2, 0.25) is 0 Å². The minimum Gasteiger partial charge on any atom is -0.368 e. The minimum atomic E-state index is -0.333. The topological polar surface area (TPSA) is 69.0 Å². The molecule has 0 spiro atoms. The van der Waals surface area contributed by atoms with Crippen LogP contribution in [0.4, 0.5) is 0 Å². The fourth-order valence-corrected chi connectivity index (χ4v) is 1.53. The second-order valence-corrected chi connectivity index (χ2v) is 3.53. The number of morpholine rings is 1. The highest BCUT2D eigenvalue weighted by Gasteiger charge is 2.22. The molecule has 15 heavy (non-hydrogen) atoms. The molecule has 1 aromatic rings. The molecule has 1 aliphatic heterocycles. The second-order valence-electron chi connectivity index (χ2n) is 3.53. The Morgan fingerprint density at radius 2 is 2.67 bits per heavy atom. The Kier molecular flexibility index (Phi) is 3.08. The summed E-state index contributed by atoms with van der Waals surface area (Å²) in [7, 11) is 1.73. The highest BCUT2D eigenvalue weighted by molar-refractivity contribution is 5.85. The molecular weight excluding hydrogens is 196 g/mol. The monoisotopic (exact) mass is 210 g/mol. The van der Waals surface area contributed by atoms with Crippen LogP contribution >= 0.6 is 0 Å². The largest absolute Gasteiger partial charge is 0.368 e. The van der Waals surface area contributed by atoms with Crippen molar-refractivity contribution in [1.29, 1.82) is 0 Å². The van der Waals surface area contributed by atoms with Crippen molar-refractivity contribution in [1.82, 2.24) is 20.3 Å². The number of ketones is 1. The van der Waals surface area contributed by atoms with Gasteiger partial charge in [0.15, 0.2) is 5.78 Å². The zero-order valence-corrected chi connectivity index (χ0v) is 8.64. The zero-order chi connectivity index (χ0) is 10.7. The molecule has 0 amide bonds. The predicted molar refractivity (Wildman–Crippen MR) is 52.3 cm³/mol. The maximum absolute atomic E-state index is 11.7. The third kappa shape index (κ3) is 2.60. The smallest absolute Gasteiger partial charge is 0.168 e. The van der Waals surface area contributed by atoms with Gasteiger partial charge in [-0.15, -0.1) is 0 Å². The molecule has 0 radical (unpaired) electrons. The quantitative estimate of drug-likeness (QED) is 0.687. The van der Waals surface area contributed by atoms with Gasteiger partial charge in [0.25, 0.3) is 0 Å². The van der Waals surface area contributed by atoms with Crippen LogP contribution in [0.1, 0.15) is 5.69 Å². The summed E-state index contributed by atoms with van der Waals surface area (Å²) >= 11 is 0. The molecule has 82 valence electrons. The van der Waals surface area contributed by atoms with Crippen molar-refractivity contribution in [3.63, 3.8) is 0 Å². The SMILES string of the molecule is Cn1ncc(CC(=O)C2CNCCO2)n1. The third-order valence-electron chi connectivity index (χ3n) is 2.29. The molecule has 1 atom stereocenters. The van der Waals surface area contributed by atoms with E-state index < -0.39 is 0 Å². The lowest BCUT2D eigenvalue weighted by Crippen LogP contribution is -2.43. The molecule has 6 heteroatoms. The first kappa shape index (κ1) is 10.3. The average molecular weight is 210 g/mol. The molecule has 1 unspecified atom stereocenters. The molecule has 6 nitrogen and oxygen atoms in total. The molecule has 0 saturated carbocycles. The Morgan fingerprint density at radius 1 is 1.80 bits per heavy atom. The predicted octanol–water partition coefficient (Wildman–Crippen LogP) is -1.08. The van der Waals surface area contributed by atoms with E-state index in [-0.39, 0.29) is 11.9 Å². The van der Waals surface area contributed by atoms with E-state index in [0.717, 1.165) is 6.54 Å². The van der Waals surface area contributed by atoms with E-state index in [9.17, 15) is 4.79 Å². The number of carbonyl (C=O) groups excluding carboxylic acids is 1. The molecule has 1 N–H and O–H groups in total. The average Bonchev–Trinajstić information content (AvgIpc) is 2.65. The van der Waals surface area contributed by atoms with Gasteiger partial charge < -0.3 is 10.1 Å². The lowest BCUT2D eigenvalue weighted by Gasteiger charge is -2.21. The first-order valence-corrected chi connectivity index (χ1v) is 4.96. The van der Waals surface area contributed by atoms with E-state index in [2.05, 4.69) is 15.5 Å². The lowest BCUT2D eigenvalue weighted by atomic mass is 10.1. The van der Waals surface area contributed by atoms with Crippen LogP contribution in [-0.4, -0.2) is 46.6 Å². The van der Waals surface area contributed by atoms with Crippen LogP contribution in [0.15, 0.2) is 6.20 Å². The van der Waals surface area contributed by atoms with E-state index in [1.807, 2.05) is 0 Å². The number of ether oxygens (including phenoxy) is 1. The highest BCUT2D eigenvalue weighted by atomic mass is 16.5.